The fraction of sp³-hybridized carbons (Fsp3) is 0.333. The second-order valence-corrected chi connectivity index (χ2v) is 6.34. The van der Waals surface area contributed by atoms with E-state index >= 15 is 0 Å². The lowest BCUT2D eigenvalue weighted by Gasteiger charge is -2.23. The van der Waals surface area contributed by atoms with Crippen molar-refractivity contribution in [3.63, 3.8) is 0 Å². The zero-order valence-corrected chi connectivity index (χ0v) is 14.2. The summed E-state index contributed by atoms with van der Waals surface area (Å²) in [6.07, 6.45) is 0.491. The van der Waals surface area contributed by atoms with Gasteiger partial charge in [-0.05, 0) is 19.1 Å². The number of nitrogens with zero attached hydrogens (tertiary/aromatic N) is 2. The number of hydrogen-bond donors (Lipinski definition) is 3. The van der Waals surface area contributed by atoms with Crippen LogP contribution in [0, 0.1) is 16.7 Å². The number of nitriles is 1. The number of likely N-dealkylation sites (tertiary alicyclic amines) is 1. The maximum absolute atomic E-state index is 13.6. The van der Waals surface area contributed by atoms with Crippen LogP contribution in [0.15, 0.2) is 24.4 Å². The lowest BCUT2D eigenvalue weighted by molar-refractivity contribution is -0.130. The number of nitrogens with one attached hydrogen (secondary N) is 3. The maximum atomic E-state index is 13.6. The number of H-pyrrole nitrogens is 1. The third kappa shape index (κ3) is 3.28. The van der Waals surface area contributed by atoms with E-state index in [4.69, 9.17) is 10.7 Å². The van der Waals surface area contributed by atoms with Crippen molar-refractivity contribution in [3.8, 4) is 6.07 Å². The van der Waals surface area contributed by atoms with Crippen LogP contribution in [0.25, 0.3) is 10.9 Å². The highest BCUT2D eigenvalue weighted by Gasteiger charge is 2.36. The lowest BCUT2D eigenvalue weighted by atomic mass is 10.1. The van der Waals surface area contributed by atoms with Crippen LogP contribution in [0.3, 0.4) is 0 Å². The summed E-state index contributed by atoms with van der Waals surface area (Å²) >= 11 is 0. The molecule has 3 rings (SSSR count). The van der Waals surface area contributed by atoms with Crippen molar-refractivity contribution in [2.45, 2.75) is 25.6 Å². The molecule has 2 aromatic rings. The summed E-state index contributed by atoms with van der Waals surface area (Å²) in [5.74, 6) is -0.852. The van der Waals surface area contributed by atoms with Gasteiger partial charge in [0.2, 0.25) is 5.91 Å². The average molecular weight is 355 g/mol. The number of carbonyl (C=O) groups excluding carboxylic acids is 2. The number of benzene rings is 1. The van der Waals surface area contributed by atoms with Gasteiger partial charge in [-0.25, -0.2) is 4.39 Å². The number of fused-ring (bicyclic) bond motifs is 1. The molecule has 1 aromatic heterocycles. The summed E-state index contributed by atoms with van der Waals surface area (Å²) < 4.78 is 13.6. The maximum Gasteiger partial charge on any atom is 0.253 e. The van der Waals surface area contributed by atoms with Crippen molar-refractivity contribution in [1.29, 1.82) is 10.7 Å². The smallest absolute Gasteiger partial charge is 0.253 e. The molecule has 1 fully saturated rings. The molecule has 2 heterocycles. The van der Waals surface area contributed by atoms with Crippen LogP contribution >= 0.6 is 0 Å². The van der Waals surface area contributed by atoms with E-state index < -0.39 is 24.0 Å². The summed E-state index contributed by atoms with van der Waals surface area (Å²) in [6, 6.07) is 6.40. The van der Waals surface area contributed by atoms with Crippen molar-refractivity contribution in [2.24, 2.45) is 0 Å². The molecule has 2 atom stereocenters. The van der Waals surface area contributed by atoms with Crippen LogP contribution < -0.4 is 5.32 Å². The molecule has 2 amide bonds. The third-order valence-electron chi connectivity index (χ3n) is 4.53. The van der Waals surface area contributed by atoms with Gasteiger partial charge in [-0.15, -0.1) is 0 Å². The zero-order chi connectivity index (χ0) is 18.8. The predicted molar refractivity (Wildman–Crippen MR) is 93.8 cm³/mol. The van der Waals surface area contributed by atoms with Gasteiger partial charge < -0.3 is 20.6 Å². The second-order valence-electron chi connectivity index (χ2n) is 6.34. The quantitative estimate of drug-likeness (QED) is 0.726. The number of hydrogen-bond acceptors (Lipinski definition) is 4. The van der Waals surface area contributed by atoms with Crippen LogP contribution in [0.4, 0.5) is 4.39 Å². The SMILES string of the molecule is CC(=N)[C@@H]1CC(F)CN1C(=O)CNC(=O)c1c[nH]c2cc(C#N)ccc12. The Labute approximate surface area is 149 Å². The second kappa shape index (κ2) is 6.96. The fourth-order valence-corrected chi connectivity index (χ4v) is 3.21. The van der Waals surface area contributed by atoms with Gasteiger partial charge in [0.25, 0.3) is 5.91 Å². The van der Waals surface area contributed by atoms with Crippen LogP contribution in [-0.4, -0.2) is 52.7 Å². The van der Waals surface area contributed by atoms with Crippen LogP contribution in [0.2, 0.25) is 0 Å². The Morgan fingerprint density at radius 2 is 2.27 bits per heavy atom. The molecule has 1 unspecified atom stereocenters. The van der Waals surface area contributed by atoms with E-state index in [1.807, 2.05) is 6.07 Å². The summed E-state index contributed by atoms with van der Waals surface area (Å²) in [6.45, 7) is 1.22. The Morgan fingerprint density at radius 3 is 2.96 bits per heavy atom. The average Bonchev–Trinajstić information content (AvgIpc) is 3.22. The molecular weight excluding hydrogens is 337 g/mol. The Balaban J connectivity index is 1.68. The van der Waals surface area contributed by atoms with Gasteiger partial charge in [-0.1, -0.05) is 6.07 Å². The lowest BCUT2D eigenvalue weighted by Crippen LogP contribution is -2.45. The van der Waals surface area contributed by atoms with Crippen molar-refractivity contribution in [1.82, 2.24) is 15.2 Å². The summed E-state index contributed by atoms with van der Waals surface area (Å²) in [4.78, 5) is 29.0. The van der Waals surface area contributed by atoms with Gasteiger partial charge in [0.15, 0.2) is 0 Å². The Bertz CT molecular complexity index is 929. The summed E-state index contributed by atoms with van der Waals surface area (Å²) in [5, 5.41) is 19.8. The highest BCUT2D eigenvalue weighted by Crippen LogP contribution is 2.22. The molecule has 1 saturated heterocycles. The van der Waals surface area contributed by atoms with Crippen molar-refractivity contribution in [3.05, 3.63) is 35.5 Å². The van der Waals surface area contributed by atoms with E-state index in [0.717, 1.165) is 0 Å². The number of alkyl halides is 1. The molecule has 0 aliphatic carbocycles. The van der Waals surface area contributed by atoms with E-state index in [2.05, 4.69) is 10.3 Å². The third-order valence-corrected chi connectivity index (χ3v) is 4.53. The van der Waals surface area contributed by atoms with Crippen molar-refractivity contribution >= 4 is 28.4 Å². The van der Waals surface area contributed by atoms with E-state index in [9.17, 15) is 14.0 Å². The van der Waals surface area contributed by atoms with Crippen molar-refractivity contribution < 1.29 is 14.0 Å². The molecular formula is C18H18FN5O2. The molecule has 134 valence electrons. The molecule has 1 aliphatic heterocycles. The number of amides is 2. The standard InChI is InChI=1S/C18H18FN5O2/c1-10(21)16-5-12(19)9-24(16)17(25)8-23-18(26)14-7-22-15-4-11(6-20)2-3-13(14)15/h2-4,7,12,16,21-22H,5,8-9H2,1H3,(H,23,26)/t12?,16-/m0/s1. The van der Waals surface area contributed by atoms with Gasteiger partial charge in [0.1, 0.15) is 6.17 Å². The topological polar surface area (TPSA) is 113 Å². The number of rotatable bonds is 4. The first-order valence-corrected chi connectivity index (χ1v) is 8.18. The van der Waals surface area contributed by atoms with Gasteiger partial charge in [0.05, 0.1) is 36.3 Å². The van der Waals surface area contributed by atoms with Crippen LogP contribution in [0.5, 0.6) is 0 Å². The molecule has 26 heavy (non-hydrogen) atoms. The van der Waals surface area contributed by atoms with Crippen LogP contribution in [-0.2, 0) is 4.79 Å². The number of halogens is 1. The Kier molecular flexibility index (Phi) is 4.71. The fourth-order valence-electron chi connectivity index (χ4n) is 3.21. The minimum atomic E-state index is -1.15. The highest BCUT2D eigenvalue weighted by atomic mass is 19.1. The zero-order valence-electron chi connectivity index (χ0n) is 14.2. The first-order valence-electron chi connectivity index (χ1n) is 8.18. The largest absolute Gasteiger partial charge is 0.360 e. The molecule has 0 spiro atoms. The first kappa shape index (κ1) is 17.6. The normalized spacial score (nSPS) is 19.3. The number of aromatic nitrogens is 1. The Hall–Kier alpha value is -3.21. The molecule has 1 aliphatic rings. The van der Waals surface area contributed by atoms with E-state index in [1.165, 1.54) is 11.1 Å². The minimum absolute atomic E-state index is 0.0559. The molecule has 0 radical (unpaired) electrons. The minimum Gasteiger partial charge on any atom is -0.360 e. The molecule has 3 N–H and O–H groups in total. The monoisotopic (exact) mass is 355 g/mol. The van der Waals surface area contributed by atoms with Gasteiger partial charge in [-0.3, -0.25) is 9.59 Å². The Morgan fingerprint density at radius 1 is 1.50 bits per heavy atom. The number of carbonyl (C=O) groups is 2. The highest BCUT2D eigenvalue weighted by molar-refractivity contribution is 6.07. The summed E-state index contributed by atoms with van der Waals surface area (Å²) in [7, 11) is 0. The predicted octanol–water partition coefficient (Wildman–Crippen LogP) is 1.75. The van der Waals surface area contributed by atoms with E-state index in [0.29, 0.717) is 22.0 Å². The molecule has 7 nitrogen and oxygen atoms in total. The molecule has 0 bridgehead atoms. The van der Waals surface area contributed by atoms with E-state index in [1.54, 1.807) is 25.1 Å². The van der Waals surface area contributed by atoms with Gasteiger partial charge >= 0.3 is 0 Å². The first-order chi connectivity index (χ1) is 12.4. The van der Waals surface area contributed by atoms with Crippen molar-refractivity contribution in [2.75, 3.05) is 13.1 Å². The van der Waals surface area contributed by atoms with Crippen LogP contribution in [0.1, 0.15) is 29.3 Å². The van der Waals surface area contributed by atoms with Gasteiger partial charge in [0, 0.05) is 29.2 Å². The molecule has 1 aromatic carbocycles. The van der Waals surface area contributed by atoms with Gasteiger partial charge in [-0.2, -0.15) is 5.26 Å². The summed E-state index contributed by atoms with van der Waals surface area (Å²) in [5.41, 5.74) is 1.72. The molecule has 0 saturated carbocycles. The molecule has 8 heteroatoms. The number of aromatic amines is 1. The van der Waals surface area contributed by atoms with E-state index in [-0.39, 0.29) is 25.2 Å².